The molecule has 0 saturated heterocycles. The molecule has 2 nitrogen and oxygen atoms in total. The molecule has 210 valence electrons. The number of ketones is 1. The number of nitrogens with zero attached hydrogens (tertiary/aromatic N) is 1. The zero-order valence-corrected chi connectivity index (χ0v) is 25.0. The number of hydrogen-bond acceptors (Lipinski definition) is 2. The number of halogens is 1. The van der Waals surface area contributed by atoms with E-state index in [1.54, 1.807) is 0 Å². The summed E-state index contributed by atoms with van der Waals surface area (Å²) >= 11 is 6.39. The molecule has 1 aliphatic heterocycles. The number of fused-ring (bicyclic) bond motifs is 1. The van der Waals surface area contributed by atoms with Crippen molar-refractivity contribution in [3.63, 3.8) is 0 Å². The van der Waals surface area contributed by atoms with E-state index in [2.05, 4.69) is 104 Å². The van der Waals surface area contributed by atoms with Gasteiger partial charge in [0, 0.05) is 27.4 Å². The van der Waals surface area contributed by atoms with E-state index in [0.29, 0.717) is 10.6 Å². The summed E-state index contributed by atoms with van der Waals surface area (Å²) in [5.41, 5.74) is 6.98. The molecule has 1 heterocycles. The van der Waals surface area contributed by atoms with E-state index >= 15 is 4.79 Å². The zero-order valence-electron chi connectivity index (χ0n) is 24.2. The first kappa shape index (κ1) is 27.2. The first-order chi connectivity index (χ1) is 20.9. The number of hydrogen-bond donors (Lipinski definition) is 0. The van der Waals surface area contributed by atoms with E-state index in [1.165, 1.54) is 5.56 Å². The normalized spacial score (nSPS) is 20.3. The monoisotopic (exact) mass is 577 g/mol. The van der Waals surface area contributed by atoms with Crippen LogP contribution in [-0.2, 0) is 5.41 Å². The Balaban J connectivity index is 1.61. The molecule has 0 unspecified atom stereocenters. The van der Waals surface area contributed by atoms with Gasteiger partial charge in [0.05, 0.1) is 11.5 Å². The largest absolute Gasteiger partial charge is 0.330 e. The summed E-state index contributed by atoms with van der Waals surface area (Å²) in [6.45, 7) is 4.59. The second-order valence-electron chi connectivity index (χ2n) is 11.9. The molecular weight excluding hydrogens is 546 g/mol. The average Bonchev–Trinajstić information content (AvgIpc) is 3.24. The van der Waals surface area contributed by atoms with Crippen LogP contribution in [0.25, 0.3) is 11.1 Å². The summed E-state index contributed by atoms with van der Waals surface area (Å²) in [5, 5.41) is 0.666. The SMILES string of the molecule is CC1(C)c2ccccc2N(c2ccccc2)[C@@]12C=C(c1ccccc1)C=C(c1ccc(Cl)cc1)[C@H]2C(=O)c1ccccc1. The highest BCUT2D eigenvalue weighted by atomic mass is 35.5. The first-order valence-corrected chi connectivity index (χ1v) is 15.1. The molecule has 0 aromatic heterocycles. The number of allylic oxidation sites excluding steroid dienone is 2. The van der Waals surface area contributed by atoms with Crippen LogP contribution < -0.4 is 4.90 Å². The minimum Gasteiger partial charge on any atom is -0.330 e. The summed E-state index contributed by atoms with van der Waals surface area (Å²) in [6.07, 6.45) is 4.60. The maximum Gasteiger partial charge on any atom is 0.173 e. The highest BCUT2D eigenvalue weighted by molar-refractivity contribution is 6.30. The molecule has 2 atom stereocenters. The van der Waals surface area contributed by atoms with Crippen LogP contribution in [0.15, 0.2) is 152 Å². The highest BCUT2D eigenvalue weighted by Crippen LogP contribution is 2.63. The number of carbonyl (C=O) groups is 1. The van der Waals surface area contributed by atoms with E-state index < -0.39 is 16.9 Å². The third-order valence-corrected chi connectivity index (χ3v) is 9.50. The van der Waals surface area contributed by atoms with Gasteiger partial charge in [-0.2, -0.15) is 0 Å². The Morgan fingerprint density at radius 3 is 1.93 bits per heavy atom. The van der Waals surface area contributed by atoms with Crippen molar-refractivity contribution >= 4 is 39.9 Å². The van der Waals surface area contributed by atoms with Crippen molar-refractivity contribution in [1.82, 2.24) is 0 Å². The molecule has 0 amide bonds. The second-order valence-corrected chi connectivity index (χ2v) is 12.3. The van der Waals surface area contributed by atoms with Gasteiger partial charge in [-0.1, -0.05) is 135 Å². The van der Waals surface area contributed by atoms with Crippen molar-refractivity contribution in [3.8, 4) is 0 Å². The summed E-state index contributed by atoms with van der Waals surface area (Å²) < 4.78 is 0. The lowest BCUT2D eigenvalue weighted by atomic mass is 9.57. The van der Waals surface area contributed by atoms with Crippen molar-refractivity contribution in [2.75, 3.05) is 4.90 Å². The van der Waals surface area contributed by atoms with Crippen molar-refractivity contribution in [1.29, 1.82) is 0 Å². The van der Waals surface area contributed by atoms with Crippen molar-refractivity contribution in [2.24, 2.45) is 5.92 Å². The number of rotatable bonds is 5. The average molecular weight is 578 g/mol. The van der Waals surface area contributed by atoms with Crippen LogP contribution in [0.2, 0.25) is 5.02 Å². The van der Waals surface area contributed by atoms with Crippen molar-refractivity contribution < 1.29 is 4.79 Å². The molecule has 3 heteroatoms. The predicted octanol–water partition coefficient (Wildman–Crippen LogP) is 10.2. The summed E-state index contributed by atoms with van der Waals surface area (Å²) in [4.78, 5) is 17.6. The lowest BCUT2D eigenvalue weighted by molar-refractivity contribution is 0.0888. The second kappa shape index (κ2) is 10.6. The lowest BCUT2D eigenvalue weighted by Gasteiger charge is -2.53. The Morgan fingerprint density at radius 2 is 1.26 bits per heavy atom. The predicted molar refractivity (Wildman–Crippen MR) is 179 cm³/mol. The van der Waals surface area contributed by atoms with E-state index in [4.69, 9.17) is 11.6 Å². The van der Waals surface area contributed by atoms with Gasteiger partial charge in [0.15, 0.2) is 5.78 Å². The first-order valence-electron chi connectivity index (χ1n) is 14.7. The molecule has 7 rings (SSSR count). The van der Waals surface area contributed by atoms with Crippen molar-refractivity contribution in [3.05, 3.63) is 179 Å². The van der Waals surface area contributed by atoms with Gasteiger partial charge in [0.1, 0.15) is 0 Å². The third kappa shape index (κ3) is 4.28. The van der Waals surface area contributed by atoms with Crippen LogP contribution in [0.3, 0.4) is 0 Å². The Bertz CT molecular complexity index is 1860. The smallest absolute Gasteiger partial charge is 0.173 e. The fourth-order valence-electron chi connectivity index (χ4n) is 7.21. The van der Waals surface area contributed by atoms with Gasteiger partial charge in [0.2, 0.25) is 0 Å². The number of Topliss-reactive ketones (excluding diaryl/α,β-unsaturated/α-hetero) is 1. The van der Waals surface area contributed by atoms with Crippen molar-refractivity contribution in [2.45, 2.75) is 24.8 Å². The number of carbonyl (C=O) groups excluding carboxylic acids is 1. The number of benzene rings is 5. The van der Waals surface area contributed by atoms with E-state index in [1.807, 2.05) is 66.7 Å². The van der Waals surface area contributed by atoms with Crippen LogP contribution in [-0.4, -0.2) is 11.3 Å². The summed E-state index contributed by atoms with van der Waals surface area (Å²) in [5.74, 6) is -0.446. The topological polar surface area (TPSA) is 20.3 Å². The maximum absolute atomic E-state index is 15.1. The quantitative estimate of drug-likeness (QED) is 0.194. The highest BCUT2D eigenvalue weighted by Gasteiger charge is 2.63. The van der Waals surface area contributed by atoms with Crippen LogP contribution in [0.1, 0.15) is 40.9 Å². The fraction of sp³-hybridized carbons (Fsp3) is 0.125. The van der Waals surface area contributed by atoms with Crippen LogP contribution in [0.4, 0.5) is 11.4 Å². The van der Waals surface area contributed by atoms with Gasteiger partial charge < -0.3 is 4.90 Å². The molecule has 43 heavy (non-hydrogen) atoms. The van der Waals surface area contributed by atoms with Gasteiger partial charge in [-0.3, -0.25) is 4.79 Å². The summed E-state index contributed by atoms with van der Waals surface area (Å²) in [7, 11) is 0. The summed E-state index contributed by atoms with van der Waals surface area (Å²) in [6, 6.07) is 47.3. The van der Waals surface area contributed by atoms with Gasteiger partial charge in [-0.05, 0) is 70.3 Å². The molecule has 1 spiro atoms. The molecule has 0 bridgehead atoms. The molecule has 1 aliphatic carbocycles. The Labute approximate surface area is 258 Å². The minimum atomic E-state index is -0.792. The molecular formula is C40H32ClNO. The maximum atomic E-state index is 15.1. The molecule has 2 aliphatic rings. The molecule has 0 fully saturated rings. The van der Waals surface area contributed by atoms with Gasteiger partial charge in [-0.25, -0.2) is 0 Å². The lowest BCUT2D eigenvalue weighted by Crippen LogP contribution is -2.61. The van der Waals surface area contributed by atoms with Crippen LogP contribution in [0.5, 0.6) is 0 Å². The van der Waals surface area contributed by atoms with Gasteiger partial charge in [0.25, 0.3) is 0 Å². The zero-order chi connectivity index (χ0) is 29.6. The Hall–Kier alpha value is -4.66. The third-order valence-electron chi connectivity index (χ3n) is 9.25. The molecule has 0 N–H and O–H groups in total. The molecule has 5 aromatic rings. The molecule has 0 saturated carbocycles. The number of anilines is 2. The fourth-order valence-corrected chi connectivity index (χ4v) is 7.33. The molecule has 5 aromatic carbocycles. The molecule has 0 radical (unpaired) electrons. The van der Waals surface area contributed by atoms with Crippen LogP contribution >= 0.6 is 11.6 Å². The van der Waals surface area contributed by atoms with Gasteiger partial charge in [-0.15, -0.1) is 0 Å². The van der Waals surface area contributed by atoms with E-state index in [-0.39, 0.29) is 5.78 Å². The standard InChI is InChI=1S/C40H32ClNO/c1-39(2)35-20-12-13-21-36(35)42(33-18-10-5-11-19-33)40(39)27-31(28-14-6-3-7-15-28)26-34(29-22-24-32(41)25-23-29)37(40)38(43)30-16-8-4-9-17-30/h3-27,37H,1-2H3/t37-,40+/m0/s1. The van der Waals surface area contributed by atoms with Crippen LogP contribution in [0, 0.1) is 5.92 Å². The van der Waals surface area contributed by atoms with Gasteiger partial charge >= 0.3 is 0 Å². The van der Waals surface area contributed by atoms with E-state index in [9.17, 15) is 0 Å². The minimum absolute atomic E-state index is 0.0898. The Morgan fingerprint density at radius 1 is 0.674 bits per heavy atom. The Kier molecular flexibility index (Phi) is 6.68. The number of para-hydroxylation sites is 2. The van der Waals surface area contributed by atoms with E-state index in [0.717, 1.165) is 33.6 Å².